The van der Waals surface area contributed by atoms with Crippen molar-refractivity contribution < 1.29 is 32.1 Å². The predicted molar refractivity (Wildman–Crippen MR) is 72.1 cm³/mol. The first-order valence-corrected chi connectivity index (χ1v) is 7.35. The van der Waals surface area contributed by atoms with Crippen LogP contribution in [0, 0.1) is 3.70 Å². The van der Waals surface area contributed by atoms with Crippen LogP contribution in [0.15, 0.2) is 24.4 Å². The molecule has 0 bridgehead atoms. The molecule has 0 aromatic carbocycles. The minimum atomic E-state index is -0.456. The molecular weight excluding hydrogens is 407 g/mol. The molecule has 6 nitrogen and oxygen atoms in total. The van der Waals surface area contributed by atoms with Gasteiger partial charge in [-0.1, -0.05) is 23.7 Å². The summed E-state index contributed by atoms with van der Waals surface area (Å²) in [4.78, 5) is 26.5. The smallest absolute Gasteiger partial charge is 0.310 e. The third-order valence-electron chi connectivity index (χ3n) is 2.65. The Morgan fingerprint density at radius 1 is 1.38 bits per heavy atom. The summed E-state index contributed by atoms with van der Waals surface area (Å²) in [7, 11) is 0. The zero-order valence-electron chi connectivity index (χ0n) is 10.7. The Kier molecular flexibility index (Phi) is 3.77. The first-order valence-electron chi connectivity index (χ1n) is 5.89. The number of hydrogen-bond donors (Lipinski definition) is 1. The van der Waals surface area contributed by atoms with Gasteiger partial charge in [-0.2, -0.15) is 4.98 Å². The Morgan fingerprint density at radius 2 is 2.19 bits per heavy atom. The molecule has 0 amide bonds. The molecular formula is C13H8ClIN4O2-. The van der Waals surface area contributed by atoms with Crippen molar-refractivity contribution in [2.24, 2.45) is 0 Å². The second-order valence-corrected chi connectivity index (χ2v) is 5.71. The number of esters is 1. The van der Waals surface area contributed by atoms with E-state index in [-0.39, 0.29) is 6.01 Å². The van der Waals surface area contributed by atoms with Gasteiger partial charge in [0.05, 0.1) is 16.2 Å². The first-order chi connectivity index (χ1) is 10.0. The van der Waals surface area contributed by atoms with Crippen LogP contribution in [0.5, 0.6) is 6.01 Å². The third-order valence-corrected chi connectivity index (χ3v) is 3.57. The molecule has 3 heterocycles. The lowest BCUT2D eigenvalue weighted by molar-refractivity contribution is -0.337. The molecule has 0 saturated carbocycles. The zero-order valence-corrected chi connectivity index (χ0v) is 13.6. The van der Waals surface area contributed by atoms with Gasteiger partial charge in [-0.15, -0.1) is 3.70 Å². The number of aromatic amines is 1. The Hall–Kier alpha value is -1.74. The number of carbonyl (C=O) groups is 1. The van der Waals surface area contributed by atoms with E-state index in [1.165, 1.54) is 6.92 Å². The minimum absolute atomic E-state index is 0.0963. The summed E-state index contributed by atoms with van der Waals surface area (Å²) in [5, 5.41) is 0.462. The van der Waals surface area contributed by atoms with Crippen LogP contribution in [-0.2, 0) is 4.79 Å². The molecule has 3 rings (SSSR count). The van der Waals surface area contributed by atoms with Crippen molar-refractivity contribution in [3.8, 4) is 17.3 Å². The summed E-state index contributed by atoms with van der Waals surface area (Å²) >= 11 is 8.37. The zero-order chi connectivity index (χ0) is 15.0. The maximum atomic E-state index is 10.9. The fourth-order valence-corrected chi connectivity index (χ4v) is 2.38. The molecule has 0 atom stereocenters. The van der Waals surface area contributed by atoms with Gasteiger partial charge < -0.3 is 32.3 Å². The number of H-pyrrole nitrogens is 1. The third kappa shape index (κ3) is 2.98. The van der Waals surface area contributed by atoms with Gasteiger partial charge in [0.25, 0.3) is 0 Å². The van der Waals surface area contributed by atoms with Gasteiger partial charge in [0, 0.05) is 18.7 Å². The van der Waals surface area contributed by atoms with Crippen LogP contribution >= 0.6 is 11.6 Å². The fraction of sp³-hybridized carbons (Fsp3) is 0.0769. The molecule has 0 saturated heterocycles. The maximum absolute atomic E-state index is 10.9. The maximum Gasteiger partial charge on any atom is 0.310 e. The second-order valence-electron chi connectivity index (χ2n) is 4.20. The molecule has 0 aliphatic heterocycles. The number of carbonyl (C=O) groups excluding carboxylic acids is 1. The normalized spacial score (nSPS) is 10.8. The second kappa shape index (κ2) is 5.57. The first kappa shape index (κ1) is 14.2. The van der Waals surface area contributed by atoms with Gasteiger partial charge in [-0.3, -0.25) is 9.78 Å². The summed E-state index contributed by atoms with van der Waals surface area (Å²) in [6.07, 6.45) is 1.70. The Bertz CT molecular complexity index is 832. The van der Waals surface area contributed by atoms with E-state index in [9.17, 15) is 4.79 Å². The number of nitrogens with zero attached hydrogens (tertiary/aromatic N) is 3. The number of fused-ring (bicyclic) bond motifs is 1. The van der Waals surface area contributed by atoms with Crippen molar-refractivity contribution in [3.63, 3.8) is 0 Å². The van der Waals surface area contributed by atoms with Crippen molar-refractivity contribution in [1.29, 1.82) is 0 Å². The van der Waals surface area contributed by atoms with Gasteiger partial charge in [-0.05, 0) is 6.07 Å². The molecule has 0 fully saturated rings. The number of halogens is 2. The topological polar surface area (TPSA) is 80.8 Å². The number of imidazole rings is 1. The summed E-state index contributed by atoms with van der Waals surface area (Å²) in [5.41, 5.74) is 2.39. The van der Waals surface area contributed by atoms with Gasteiger partial charge in [0.2, 0.25) is 0 Å². The lowest BCUT2D eigenvalue weighted by Crippen LogP contribution is -3.34. The van der Waals surface area contributed by atoms with Crippen LogP contribution in [0.3, 0.4) is 0 Å². The average molecular weight is 415 g/mol. The molecule has 1 N–H and O–H groups in total. The van der Waals surface area contributed by atoms with E-state index in [2.05, 4.69) is 42.5 Å². The van der Waals surface area contributed by atoms with Crippen LogP contribution in [0.25, 0.3) is 22.4 Å². The highest BCUT2D eigenvalue weighted by atomic mass is 127. The van der Waals surface area contributed by atoms with E-state index in [4.69, 9.17) is 16.3 Å². The average Bonchev–Trinajstić information content (AvgIpc) is 2.79. The summed E-state index contributed by atoms with van der Waals surface area (Å²) in [6, 6.07) is 5.54. The highest BCUT2D eigenvalue weighted by molar-refractivity contribution is 6.33. The van der Waals surface area contributed by atoms with Crippen molar-refractivity contribution >= 4 is 28.7 Å². The predicted octanol–water partition coefficient (Wildman–Crippen LogP) is -0.678. The number of hydrogen-bond acceptors (Lipinski definition) is 5. The van der Waals surface area contributed by atoms with Crippen LogP contribution in [0.1, 0.15) is 6.92 Å². The van der Waals surface area contributed by atoms with Crippen LogP contribution in [0.2, 0.25) is 5.02 Å². The monoisotopic (exact) mass is 414 g/mol. The van der Waals surface area contributed by atoms with Crippen LogP contribution in [0.4, 0.5) is 0 Å². The van der Waals surface area contributed by atoms with Gasteiger partial charge in [-0.25, -0.2) is 4.98 Å². The van der Waals surface area contributed by atoms with Crippen molar-refractivity contribution in [2.45, 2.75) is 6.92 Å². The highest BCUT2D eigenvalue weighted by Crippen LogP contribution is 2.28. The molecule has 3 aromatic rings. The highest BCUT2D eigenvalue weighted by Gasteiger charge is 2.12. The van der Waals surface area contributed by atoms with Gasteiger partial charge in [0.1, 0.15) is 0 Å². The largest absolute Gasteiger partial charge is 0.736 e. The Morgan fingerprint density at radius 3 is 2.86 bits per heavy atom. The van der Waals surface area contributed by atoms with Crippen LogP contribution < -0.4 is 27.3 Å². The molecule has 3 aromatic heterocycles. The Balaban J connectivity index is 2.09. The molecule has 8 heteroatoms. The fourth-order valence-electron chi connectivity index (χ4n) is 1.80. The number of aromatic nitrogens is 4. The van der Waals surface area contributed by atoms with E-state index in [1.54, 1.807) is 12.3 Å². The molecule has 21 heavy (non-hydrogen) atoms. The standard InChI is InChI=1S/C13H8ClIN4O2/c1-6(20)21-13-17-9-4-8(14)11(18-12(9)19-13)7-2-3-10(15)16-5-7/h2-5H,1H3,(H,17,18,19)/q-1. The van der Waals surface area contributed by atoms with Gasteiger partial charge in [0.15, 0.2) is 5.65 Å². The summed E-state index contributed by atoms with van der Waals surface area (Å²) < 4.78 is 5.78. The summed E-state index contributed by atoms with van der Waals surface area (Å²) in [5.74, 6) is -0.456. The Labute approximate surface area is 138 Å². The number of pyridine rings is 2. The lowest BCUT2D eigenvalue weighted by atomic mass is 10.2. The quantitative estimate of drug-likeness (QED) is 0.342. The molecule has 0 aliphatic rings. The SMILES string of the molecule is CC(=O)Oc1nc2nc(-c3ccc([I-])nc3)c(Cl)cc2[nH]1. The molecule has 0 aliphatic carbocycles. The van der Waals surface area contributed by atoms with Crippen molar-refractivity contribution in [3.05, 3.63) is 33.1 Å². The molecule has 1 radical (unpaired) electrons. The molecule has 0 spiro atoms. The van der Waals surface area contributed by atoms with E-state index in [0.717, 1.165) is 9.26 Å². The van der Waals surface area contributed by atoms with Crippen molar-refractivity contribution in [1.82, 2.24) is 19.9 Å². The van der Waals surface area contributed by atoms with E-state index < -0.39 is 5.97 Å². The molecule has 107 valence electrons. The number of ether oxygens (including phenoxy) is 1. The minimum Gasteiger partial charge on any atom is -0.736 e. The van der Waals surface area contributed by atoms with Crippen molar-refractivity contribution in [2.75, 3.05) is 0 Å². The van der Waals surface area contributed by atoms with E-state index >= 15 is 0 Å². The van der Waals surface area contributed by atoms with Crippen LogP contribution in [-0.4, -0.2) is 25.9 Å². The lowest BCUT2D eigenvalue weighted by Gasteiger charge is -2.06. The number of rotatable bonds is 2. The van der Waals surface area contributed by atoms with E-state index in [0.29, 0.717) is 21.9 Å². The van der Waals surface area contributed by atoms with E-state index in [1.807, 2.05) is 12.1 Å². The molecule has 0 unspecified atom stereocenters. The summed E-state index contributed by atoms with van der Waals surface area (Å²) in [6.45, 7) is 1.30. The van der Waals surface area contributed by atoms with Gasteiger partial charge >= 0.3 is 12.0 Å². The number of nitrogens with one attached hydrogen (secondary N) is 1.